The van der Waals surface area contributed by atoms with E-state index in [4.69, 9.17) is 5.73 Å². The van der Waals surface area contributed by atoms with E-state index in [1.54, 1.807) is 17.0 Å². The molecule has 1 aliphatic rings. The van der Waals surface area contributed by atoms with E-state index in [1.807, 2.05) is 13.8 Å². The van der Waals surface area contributed by atoms with Crippen LogP contribution < -0.4 is 15.8 Å². The zero-order valence-corrected chi connectivity index (χ0v) is 17.1. The number of nitrogens with two attached hydrogens (primary N) is 1. The maximum absolute atomic E-state index is 12.7. The lowest BCUT2D eigenvalue weighted by atomic mass is 10.0. The molecule has 4 N–H and O–H groups in total. The zero-order valence-electron chi connectivity index (χ0n) is 15.5. The Labute approximate surface area is 166 Å². The molecule has 0 spiro atoms. The summed E-state index contributed by atoms with van der Waals surface area (Å²) in [6, 6.07) is 5.42. The van der Waals surface area contributed by atoms with Gasteiger partial charge >= 0.3 is 0 Å². The van der Waals surface area contributed by atoms with Gasteiger partial charge in [-0.2, -0.15) is 0 Å². The lowest BCUT2D eigenvalue weighted by molar-refractivity contribution is -0.136. The van der Waals surface area contributed by atoms with Gasteiger partial charge in [-0.1, -0.05) is 19.9 Å². The number of anilines is 1. The molecule has 10 heteroatoms. The topological polar surface area (TPSA) is 122 Å². The van der Waals surface area contributed by atoms with Crippen LogP contribution in [0.15, 0.2) is 29.2 Å². The first-order valence-corrected chi connectivity index (χ1v) is 10.1. The maximum Gasteiger partial charge on any atom is 0.247 e. The summed E-state index contributed by atoms with van der Waals surface area (Å²) in [6.07, 6.45) is 1.20. The third-order valence-electron chi connectivity index (χ3n) is 4.19. The van der Waals surface area contributed by atoms with Crippen LogP contribution in [0, 0.1) is 5.92 Å². The molecular formula is C17H27ClN4O4S. The number of nitrogens with one attached hydrogen (secondary N) is 2. The average molecular weight is 419 g/mol. The van der Waals surface area contributed by atoms with Crippen molar-refractivity contribution in [2.75, 3.05) is 25.0 Å². The Morgan fingerprint density at radius 2 is 2.04 bits per heavy atom. The quantitative estimate of drug-likeness (QED) is 0.579. The SMILES string of the molecule is CC(C)C(C(=O)Nc1cccc(S(=O)(=O)NCCN)c1)N1CCCC1=O.Cl. The zero-order chi connectivity index (χ0) is 19.3. The Hall–Kier alpha value is -1.68. The van der Waals surface area contributed by atoms with E-state index in [1.165, 1.54) is 12.1 Å². The van der Waals surface area contributed by atoms with Gasteiger partial charge in [0.25, 0.3) is 0 Å². The minimum Gasteiger partial charge on any atom is -0.330 e. The fourth-order valence-electron chi connectivity index (χ4n) is 3.00. The lowest BCUT2D eigenvalue weighted by Crippen LogP contribution is -2.48. The van der Waals surface area contributed by atoms with Crippen LogP contribution >= 0.6 is 12.4 Å². The number of hydrogen-bond donors (Lipinski definition) is 3. The summed E-state index contributed by atoms with van der Waals surface area (Å²) in [5.74, 6) is -0.406. The second kappa shape index (κ2) is 10.0. The van der Waals surface area contributed by atoms with Crippen molar-refractivity contribution in [3.63, 3.8) is 0 Å². The Balaban J connectivity index is 0.00000364. The fraction of sp³-hybridized carbons (Fsp3) is 0.529. The summed E-state index contributed by atoms with van der Waals surface area (Å²) in [6.45, 7) is 4.65. The summed E-state index contributed by atoms with van der Waals surface area (Å²) >= 11 is 0. The lowest BCUT2D eigenvalue weighted by Gasteiger charge is -2.29. The number of amides is 2. The van der Waals surface area contributed by atoms with Crippen LogP contribution in [0.2, 0.25) is 0 Å². The molecule has 1 fully saturated rings. The van der Waals surface area contributed by atoms with Gasteiger partial charge in [0, 0.05) is 31.7 Å². The van der Waals surface area contributed by atoms with Crippen molar-refractivity contribution in [3.8, 4) is 0 Å². The number of benzene rings is 1. The van der Waals surface area contributed by atoms with Gasteiger partial charge in [0.1, 0.15) is 6.04 Å². The van der Waals surface area contributed by atoms with Crippen LogP contribution in [-0.2, 0) is 19.6 Å². The molecule has 0 aromatic heterocycles. The molecule has 152 valence electrons. The van der Waals surface area contributed by atoms with E-state index in [2.05, 4.69) is 10.0 Å². The predicted octanol–water partition coefficient (Wildman–Crippen LogP) is 0.931. The molecule has 2 rings (SSSR count). The molecule has 1 aromatic rings. The van der Waals surface area contributed by atoms with Crippen LogP contribution in [-0.4, -0.2) is 50.8 Å². The Morgan fingerprint density at radius 1 is 1.33 bits per heavy atom. The second-order valence-corrected chi connectivity index (χ2v) is 8.35. The second-order valence-electron chi connectivity index (χ2n) is 6.58. The Bertz CT molecular complexity index is 770. The fourth-order valence-corrected chi connectivity index (χ4v) is 4.09. The van der Waals surface area contributed by atoms with E-state index in [0.29, 0.717) is 18.7 Å². The molecule has 0 bridgehead atoms. The van der Waals surface area contributed by atoms with Crippen LogP contribution in [0.1, 0.15) is 26.7 Å². The minimum absolute atomic E-state index is 0. The number of hydrogen-bond acceptors (Lipinski definition) is 5. The van der Waals surface area contributed by atoms with Gasteiger partial charge in [0.15, 0.2) is 0 Å². The van der Waals surface area contributed by atoms with Crippen LogP contribution in [0.5, 0.6) is 0 Å². The average Bonchev–Trinajstić information content (AvgIpc) is 2.99. The molecule has 1 unspecified atom stereocenters. The minimum atomic E-state index is -3.69. The van der Waals surface area contributed by atoms with Crippen molar-refractivity contribution < 1.29 is 18.0 Å². The summed E-state index contributed by atoms with van der Waals surface area (Å²) in [5.41, 5.74) is 5.69. The first-order chi connectivity index (χ1) is 12.3. The molecule has 1 heterocycles. The summed E-state index contributed by atoms with van der Waals surface area (Å²) in [5, 5.41) is 2.74. The number of carbonyl (C=O) groups is 2. The number of halogens is 1. The predicted molar refractivity (Wildman–Crippen MR) is 106 cm³/mol. The van der Waals surface area contributed by atoms with E-state index in [0.717, 1.165) is 6.42 Å². The third-order valence-corrected chi connectivity index (χ3v) is 5.65. The standard InChI is InChI=1S/C17H26N4O4S.ClH/c1-12(2)16(21-10-4-7-15(21)22)17(23)20-13-5-3-6-14(11-13)26(24,25)19-9-8-18;/h3,5-6,11-12,16,19H,4,7-10,18H2,1-2H3,(H,20,23);1H. The largest absolute Gasteiger partial charge is 0.330 e. The highest BCUT2D eigenvalue weighted by Gasteiger charge is 2.35. The van der Waals surface area contributed by atoms with Crippen molar-refractivity contribution in [1.29, 1.82) is 0 Å². The molecule has 0 radical (unpaired) electrons. The van der Waals surface area contributed by atoms with Gasteiger partial charge < -0.3 is 16.0 Å². The molecule has 0 aliphatic carbocycles. The highest BCUT2D eigenvalue weighted by atomic mass is 35.5. The van der Waals surface area contributed by atoms with Crippen LogP contribution in [0.25, 0.3) is 0 Å². The number of carbonyl (C=O) groups excluding carboxylic acids is 2. The molecular weight excluding hydrogens is 392 g/mol. The van der Waals surface area contributed by atoms with Gasteiger partial charge in [0.2, 0.25) is 21.8 Å². The summed E-state index contributed by atoms with van der Waals surface area (Å²) in [4.78, 5) is 26.4. The first-order valence-electron chi connectivity index (χ1n) is 8.66. The molecule has 1 aromatic carbocycles. The van der Waals surface area contributed by atoms with Crippen molar-refractivity contribution in [3.05, 3.63) is 24.3 Å². The van der Waals surface area contributed by atoms with E-state index < -0.39 is 16.1 Å². The molecule has 1 aliphatic heterocycles. The number of likely N-dealkylation sites (tertiary alicyclic amines) is 1. The van der Waals surface area contributed by atoms with Gasteiger partial charge in [-0.25, -0.2) is 13.1 Å². The highest BCUT2D eigenvalue weighted by molar-refractivity contribution is 7.89. The third kappa shape index (κ3) is 5.90. The van der Waals surface area contributed by atoms with Gasteiger partial charge in [0.05, 0.1) is 4.90 Å². The van der Waals surface area contributed by atoms with Crippen molar-refractivity contribution in [2.24, 2.45) is 11.7 Å². The van der Waals surface area contributed by atoms with E-state index in [9.17, 15) is 18.0 Å². The molecule has 8 nitrogen and oxygen atoms in total. The maximum atomic E-state index is 12.7. The Kier molecular flexibility index (Phi) is 8.67. The highest BCUT2D eigenvalue weighted by Crippen LogP contribution is 2.22. The first kappa shape index (κ1) is 23.4. The van der Waals surface area contributed by atoms with Crippen molar-refractivity contribution in [2.45, 2.75) is 37.6 Å². The normalized spacial score (nSPS) is 15.6. The molecule has 1 saturated heterocycles. The van der Waals surface area contributed by atoms with Crippen molar-refractivity contribution >= 4 is 39.9 Å². The van der Waals surface area contributed by atoms with Gasteiger partial charge in [-0.05, 0) is 30.5 Å². The number of rotatable bonds is 8. The van der Waals surface area contributed by atoms with Crippen molar-refractivity contribution in [1.82, 2.24) is 9.62 Å². The smallest absolute Gasteiger partial charge is 0.247 e. The molecule has 0 saturated carbocycles. The van der Waals surface area contributed by atoms with E-state index in [-0.39, 0.29) is 48.1 Å². The number of sulfonamides is 1. The van der Waals surface area contributed by atoms with Gasteiger partial charge in [-0.15, -0.1) is 12.4 Å². The molecule has 27 heavy (non-hydrogen) atoms. The van der Waals surface area contributed by atoms with Crippen LogP contribution in [0.4, 0.5) is 5.69 Å². The summed E-state index contributed by atoms with van der Waals surface area (Å²) < 4.78 is 26.8. The Morgan fingerprint density at radius 3 is 2.59 bits per heavy atom. The molecule has 1 atom stereocenters. The summed E-state index contributed by atoms with van der Waals surface area (Å²) in [7, 11) is -3.69. The van der Waals surface area contributed by atoms with E-state index >= 15 is 0 Å². The number of nitrogens with zero attached hydrogens (tertiary/aromatic N) is 1. The monoisotopic (exact) mass is 418 g/mol. The van der Waals surface area contributed by atoms with Gasteiger partial charge in [-0.3, -0.25) is 9.59 Å². The van der Waals surface area contributed by atoms with Crippen LogP contribution in [0.3, 0.4) is 0 Å². The molecule has 2 amide bonds.